The summed E-state index contributed by atoms with van der Waals surface area (Å²) < 4.78 is 5.78. The SMILES string of the molecule is O=C(NCc1ccc(-c2ccc(Cl)cc2)o1)c1ccc2nc(Cl)[nH]c2c1. The molecule has 1 amide bonds. The van der Waals surface area contributed by atoms with Crippen molar-refractivity contribution >= 4 is 40.1 Å². The first-order valence-corrected chi connectivity index (χ1v) is 8.62. The lowest BCUT2D eigenvalue weighted by Crippen LogP contribution is -2.22. The van der Waals surface area contributed by atoms with Crippen LogP contribution in [0.15, 0.2) is 59.0 Å². The topological polar surface area (TPSA) is 70.9 Å². The van der Waals surface area contributed by atoms with Gasteiger partial charge in [0.25, 0.3) is 5.91 Å². The molecule has 0 saturated heterocycles. The van der Waals surface area contributed by atoms with Crippen LogP contribution in [-0.2, 0) is 6.54 Å². The highest BCUT2D eigenvalue weighted by atomic mass is 35.5. The molecular weight excluding hydrogens is 373 g/mol. The molecule has 0 spiro atoms. The fraction of sp³-hybridized carbons (Fsp3) is 0.0526. The van der Waals surface area contributed by atoms with Gasteiger partial charge in [-0.2, -0.15) is 0 Å². The van der Waals surface area contributed by atoms with Gasteiger partial charge in [-0.05, 0) is 66.2 Å². The molecule has 2 aromatic heterocycles. The van der Waals surface area contributed by atoms with E-state index in [2.05, 4.69) is 15.3 Å². The number of carbonyl (C=O) groups excluding carboxylic acids is 1. The Morgan fingerprint density at radius 2 is 1.88 bits per heavy atom. The third-order valence-electron chi connectivity index (χ3n) is 3.93. The van der Waals surface area contributed by atoms with E-state index in [-0.39, 0.29) is 12.5 Å². The summed E-state index contributed by atoms with van der Waals surface area (Å²) in [5.41, 5.74) is 2.87. The molecule has 2 aromatic carbocycles. The lowest BCUT2D eigenvalue weighted by molar-refractivity contribution is 0.0948. The third kappa shape index (κ3) is 3.45. The van der Waals surface area contributed by atoms with Crippen LogP contribution in [0.25, 0.3) is 22.4 Å². The van der Waals surface area contributed by atoms with Crippen LogP contribution < -0.4 is 5.32 Å². The molecule has 4 aromatic rings. The van der Waals surface area contributed by atoms with Crippen molar-refractivity contribution in [2.45, 2.75) is 6.54 Å². The number of fused-ring (bicyclic) bond motifs is 1. The number of H-pyrrole nitrogens is 1. The van der Waals surface area contributed by atoms with Crippen LogP contribution >= 0.6 is 23.2 Å². The molecule has 0 fully saturated rings. The van der Waals surface area contributed by atoms with E-state index in [0.29, 0.717) is 32.7 Å². The summed E-state index contributed by atoms with van der Waals surface area (Å²) in [7, 11) is 0. The molecule has 0 bridgehead atoms. The number of carbonyl (C=O) groups is 1. The summed E-state index contributed by atoms with van der Waals surface area (Å²) in [6.45, 7) is 0.286. The first-order valence-electron chi connectivity index (χ1n) is 7.86. The number of nitrogens with one attached hydrogen (secondary N) is 2. The van der Waals surface area contributed by atoms with Crippen molar-refractivity contribution in [3.63, 3.8) is 0 Å². The second-order valence-electron chi connectivity index (χ2n) is 5.72. The average Bonchev–Trinajstić information content (AvgIpc) is 3.25. The second-order valence-corrected chi connectivity index (χ2v) is 6.51. The van der Waals surface area contributed by atoms with Crippen molar-refractivity contribution in [3.8, 4) is 11.3 Å². The number of furan rings is 1. The molecule has 26 heavy (non-hydrogen) atoms. The Labute approximate surface area is 158 Å². The van der Waals surface area contributed by atoms with Crippen molar-refractivity contribution < 1.29 is 9.21 Å². The fourth-order valence-corrected chi connectivity index (χ4v) is 2.95. The Kier molecular flexibility index (Phi) is 4.41. The van der Waals surface area contributed by atoms with E-state index in [4.69, 9.17) is 27.6 Å². The number of hydrogen-bond donors (Lipinski definition) is 2. The zero-order valence-electron chi connectivity index (χ0n) is 13.4. The Bertz CT molecular complexity index is 1080. The smallest absolute Gasteiger partial charge is 0.251 e. The first kappa shape index (κ1) is 16.7. The molecule has 5 nitrogen and oxygen atoms in total. The number of aromatic amines is 1. The van der Waals surface area contributed by atoms with E-state index >= 15 is 0 Å². The highest BCUT2D eigenvalue weighted by Crippen LogP contribution is 2.24. The Hall–Kier alpha value is -2.76. The quantitative estimate of drug-likeness (QED) is 0.515. The van der Waals surface area contributed by atoms with Gasteiger partial charge in [0.15, 0.2) is 0 Å². The summed E-state index contributed by atoms with van der Waals surface area (Å²) in [6, 6.07) is 16.2. The summed E-state index contributed by atoms with van der Waals surface area (Å²) >= 11 is 11.7. The maximum absolute atomic E-state index is 12.3. The molecule has 0 aliphatic rings. The van der Waals surface area contributed by atoms with Crippen LogP contribution in [0.2, 0.25) is 10.3 Å². The van der Waals surface area contributed by atoms with Gasteiger partial charge in [0.1, 0.15) is 11.5 Å². The minimum atomic E-state index is -0.206. The van der Waals surface area contributed by atoms with E-state index < -0.39 is 0 Å². The van der Waals surface area contributed by atoms with Crippen LogP contribution in [0.1, 0.15) is 16.1 Å². The van der Waals surface area contributed by atoms with Gasteiger partial charge >= 0.3 is 0 Å². The highest BCUT2D eigenvalue weighted by Gasteiger charge is 2.10. The van der Waals surface area contributed by atoms with Gasteiger partial charge in [0, 0.05) is 16.1 Å². The highest BCUT2D eigenvalue weighted by molar-refractivity contribution is 6.30. The second kappa shape index (κ2) is 6.86. The molecule has 0 radical (unpaired) electrons. The first-order chi connectivity index (χ1) is 12.6. The minimum Gasteiger partial charge on any atom is -0.459 e. The predicted octanol–water partition coefficient (Wildman–Crippen LogP) is 5.06. The molecule has 2 heterocycles. The Morgan fingerprint density at radius 1 is 1.08 bits per heavy atom. The molecule has 0 saturated carbocycles. The number of nitrogens with zero attached hydrogens (tertiary/aromatic N) is 1. The van der Waals surface area contributed by atoms with Gasteiger partial charge in [0.05, 0.1) is 17.6 Å². The summed E-state index contributed by atoms with van der Waals surface area (Å²) in [5, 5.41) is 3.80. The zero-order chi connectivity index (χ0) is 18.1. The van der Waals surface area contributed by atoms with Gasteiger partial charge in [-0.25, -0.2) is 4.98 Å². The number of rotatable bonds is 4. The molecule has 7 heteroatoms. The van der Waals surface area contributed by atoms with Crippen LogP contribution in [0.5, 0.6) is 0 Å². The number of benzene rings is 2. The van der Waals surface area contributed by atoms with Crippen LogP contribution in [0.3, 0.4) is 0 Å². The van der Waals surface area contributed by atoms with Crippen molar-refractivity contribution in [2.24, 2.45) is 0 Å². The van der Waals surface area contributed by atoms with Crippen molar-refractivity contribution in [1.29, 1.82) is 0 Å². The van der Waals surface area contributed by atoms with Crippen LogP contribution in [0, 0.1) is 0 Å². The van der Waals surface area contributed by atoms with Gasteiger partial charge in [-0.3, -0.25) is 4.79 Å². The monoisotopic (exact) mass is 385 g/mol. The lowest BCUT2D eigenvalue weighted by atomic mass is 10.2. The molecule has 130 valence electrons. The van der Waals surface area contributed by atoms with E-state index in [0.717, 1.165) is 11.3 Å². The van der Waals surface area contributed by atoms with E-state index in [9.17, 15) is 4.79 Å². The fourth-order valence-electron chi connectivity index (χ4n) is 2.63. The predicted molar refractivity (Wildman–Crippen MR) is 101 cm³/mol. The zero-order valence-corrected chi connectivity index (χ0v) is 14.9. The van der Waals surface area contributed by atoms with Crippen LogP contribution in [0.4, 0.5) is 0 Å². The number of imidazole rings is 1. The molecule has 0 aliphatic heterocycles. The molecule has 2 N–H and O–H groups in total. The number of amides is 1. The number of halogens is 2. The molecule has 0 unspecified atom stereocenters. The van der Waals surface area contributed by atoms with Gasteiger partial charge < -0.3 is 14.7 Å². The van der Waals surface area contributed by atoms with E-state index in [1.165, 1.54) is 0 Å². The van der Waals surface area contributed by atoms with Gasteiger partial charge in [-0.1, -0.05) is 11.6 Å². The third-order valence-corrected chi connectivity index (χ3v) is 4.36. The molecule has 4 rings (SSSR count). The van der Waals surface area contributed by atoms with E-state index in [1.807, 2.05) is 24.3 Å². The molecule has 0 aliphatic carbocycles. The molecule has 0 atom stereocenters. The average molecular weight is 386 g/mol. The number of hydrogen-bond acceptors (Lipinski definition) is 3. The Balaban J connectivity index is 1.44. The summed E-state index contributed by atoms with van der Waals surface area (Å²) in [4.78, 5) is 19.3. The summed E-state index contributed by atoms with van der Waals surface area (Å²) in [6.07, 6.45) is 0. The maximum Gasteiger partial charge on any atom is 0.251 e. The van der Waals surface area contributed by atoms with Crippen molar-refractivity contribution in [3.05, 3.63) is 76.2 Å². The van der Waals surface area contributed by atoms with Crippen LogP contribution in [-0.4, -0.2) is 15.9 Å². The Morgan fingerprint density at radius 3 is 2.69 bits per heavy atom. The lowest BCUT2D eigenvalue weighted by Gasteiger charge is -2.03. The molecular formula is C19H13Cl2N3O2. The normalized spacial score (nSPS) is 11.0. The van der Waals surface area contributed by atoms with Gasteiger partial charge in [-0.15, -0.1) is 0 Å². The summed E-state index contributed by atoms with van der Waals surface area (Å²) in [5.74, 6) is 1.18. The number of aromatic nitrogens is 2. The largest absolute Gasteiger partial charge is 0.459 e. The maximum atomic E-state index is 12.3. The standard InChI is InChI=1S/C19H13Cl2N3O2/c20-13-4-1-11(2-5-13)17-8-6-14(26-17)10-22-18(25)12-3-7-15-16(9-12)24-19(21)23-15/h1-9H,10H2,(H,22,25)(H,23,24). The van der Waals surface area contributed by atoms with E-state index in [1.54, 1.807) is 30.3 Å². The van der Waals surface area contributed by atoms with Crippen molar-refractivity contribution in [2.75, 3.05) is 0 Å². The minimum absolute atomic E-state index is 0.206. The van der Waals surface area contributed by atoms with Crippen molar-refractivity contribution in [1.82, 2.24) is 15.3 Å². The van der Waals surface area contributed by atoms with Gasteiger partial charge in [0.2, 0.25) is 5.28 Å².